The van der Waals surface area contributed by atoms with Crippen LogP contribution in [0.25, 0.3) is 11.0 Å². The Hall–Kier alpha value is -7.46. The summed E-state index contributed by atoms with van der Waals surface area (Å²) in [6.45, 7) is 3.51. The van der Waals surface area contributed by atoms with Crippen LogP contribution in [0.4, 0.5) is 17.3 Å². The predicted molar refractivity (Wildman–Crippen MR) is 241 cm³/mol. The van der Waals surface area contributed by atoms with E-state index in [1.807, 2.05) is 42.5 Å². The van der Waals surface area contributed by atoms with Crippen molar-refractivity contribution in [2.45, 2.75) is 44.2 Å². The number of benzene rings is 3. The zero-order chi connectivity index (χ0) is 44.8. The van der Waals surface area contributed by atoms with Crippen molar-refractivity contribution in [2.24, 2.45) is 0 Å². The lowest BCUT2D eigenvalue weighted by atomic mass is 9.92. The number of nitrogens with one attached hydrogen (secondary N) is 2. The Morgan fingerprint density at radius 3 is 2.35 bits per heavy atom. The first kappa shape index (κ1) is 41.5. The van der Waals surface area contributed by atoms with Crippen LogP contribution in [0, 0.1) is 0 Å². The average Bonchev–Trinajstić information content (AvgIpc) is 3.87. The molecule has 0 radical (unpaired) electrons. The summed E-state index contributed by atoms with van der Waals surface area (Å²) in [5, 5.41) is 4.27. The summed E-state index contributed by atoms with van der Waals surface area (Å²) in [5.74, 6) is 0.366. The molecule has 16 nitrogen and oxygen atoms in total. The molecule has 1 saturated carbocycles. The van der Waals surface area contributed by atoms with Gasteiger partial charge >= 0.3 is 0 Å². The van der Waals surface area contributed by atoms with Crippen LogP contribution < -0.4 is 19.9 Å². The smallest absolute Gasteiger partial charge is 0.262 e. The van der Waals surface area contributed by atoms with Gasteiger partial charge in [-0.1, -0.05) is 29.8 Å². The number of piperidine rings is 1. The number of likely N-dealkylation sites (tertiary alicyclic amines) is 1. The van der Waals surface area contributed by atoms with Crippen molar-refractivity contribution < 1.29 is 33.5 Å². The van der Waals surface area contributed by atoms with E-state index in [0.29, 0.717) is 84.3 Å². The van der Waals surface area contributed by atoms with E-state index in [-0.39, 0.29) is 58.9 Å². The highest BCUT2D eigenvalue weighted by atomic mass is 35.5. The molecule has 65 heavy (non-hydrogen) atoms. The van der Waals surface area contributed by atoms with E-state index < -0.39 is 23.6 Å². The van der Waals surface area contributed by atoms with Gasteiger partial charge in [0, 0.05) is 81.4 Å². The second-order valence-corrected chi connectivity index (χ2v) is 17.0. The number of aromatic nitrogens is 4. The Morgan fingerprint density at radius 1 is 0.785 bits per heavy atom. The number of H-pyrrole nitrogens is 1. The molecule has 3 aliphatic heterocycles. The standard InChI is InChI=1S/C48H42ClN9O7/c49-38-23-33(65-32-6-2-1-3-7-32)11-13-35(38)43(61)37-25-51-44-42(37)45(53-27-52-44)54-29-5-4-16-57(26-29)46(62)28-8-15-41(50-24-28)56-19-17-55(18-20-56)30-9-12-34-36(21-30)48(64)58(47(34)63)39-14-10-31(59)22-40(39)60/h1-3,6-9,11-13,15,21,23-25,27,29,39H,4-5,10,14,16-20,22,26H2,(H2,51,52,53,54)/t29-,39?/m1/s1. The zero-order valence-corrected chi connectivity index (χ0v) is 35.8. The summed E-state index contributed by atoms with van der Waals surface area (Å²) < 4.78 is 5.90. The number of piperazine rings is 1. The summed E-state index contributed by atoms with van der Waals surface area (Å²) >= 11 is 6.64. The van der Waals surface area contributed by atoms with Gasteiger partial charge in [-0.15, -0.1) is 0 Å². The van der Waals surface area contributed by atoms with Crippen molar-refractivity contribution in [3.8, 4) is 11.5 Å². The maximum Gasteiger partial charge on any atom is 0.262 e. The molecule has 0 spiro atoms. The molecule has 3 amide bonds. The number of para-hydroxylation sites is 1. The highest BCUT2D eigenvalue weighted by molar-refractivity contribution is 6.36. The summed E-state index contributed by atoms with van der Waals surface area (Å²) in [4.78, 5) is 103. The molecule has 328 valence electrons. The Balaban J connectivity index is 0.758. The van der Waals surface area contributed by atoms with Crippen LogP contribution in [-0.2, 0) is 9.59 Å². The van der Waals surface area contributed by atoms with Crippen LogP contribution in [0.5, 0.6) is 11.5 Å². The lowest BCUT2D eigenvalue weighted by Crippen LogP contribution is -2.47. The van der Waals surface area contributed by atoms with E-state index in [4.69, 9.17) is 16.3 Å². The molecule has 10 rings (SSSR count). The number of hydrogen-bond donors (Lipinski definition) is 2. The van der Waals surface area contributed by atoms with E-state index in [1.54, 1.807) is 53.7 Å². The molecular weight excluding hydrogens is 850 g/mol. The van der Waals surface area contributed by atoms with Gasteiger partial charge in [0.05, 0.1) is 45.1 Å². The van der Waals surface area contributed by atoms with Crippen molar-refractivity contribution in [1.82, 2.24) is 29.7 Å². The monoisotopic (exact) mass is 891 g/mol. The molecule has 3 aromatic heterocycles. The van der Waals surface area contributed by atoms with E-state index >= 15 is 0 Å². The molecule has 1 unspecified atom stereocenters. The second-order valence-electron chi connectivity index (χ2n) is 16.6. The second kappa shape index (κ2) is 17.3. The minimum atomic E-state index is -0.908. The van der Waals surface area contributed by atoms with Crippen LogP contribution in [0.1, 0.15) is 79.1 Å². The van der Waals surface area contributed by atoms with E-state index in [0.717, 1.165) is 29.2 Å². The van der Waals surface area contributed by atoms with Gasteiger partial charge in [-0.2, -0.15) is 0 Å². The maximum absolute atomic E-state index is 13.9. The fraction of sp³-hybridized carbons (Fsp3) is 0.271. The summed E-state index contributed by atoms with van der Waals surface area (Å²) in [5.41, 5.74) is 2.96. The highest BCUT2D eigenvalue weighted by Gasteiger charge is 2.44. The molecule has 6 aromatic rings. The number of ether oxygens (including phenoxy) is 1. The first-order valence-electron chi connectivity index (χ1n) is 21.6. The molecule has 2 atom stereocenters. The minimum Gasteiger partial charge on any atom is -0.457 e. The number of halogens is 1. The van der Waals surface area contributed by atoms with Gasteiger partial charge in [-0.3, -0.25) is 33.7 Å². The maximum atomic E-state index is 13.9. The molecule has 2 N–H and O–H groups in total. The van der Waals surface area contributed by atoms with E-state index in [9.17, 15) is 28.8 Å². The number of carbonyl (C=O) groups is 6. The first-order valence-corrected chi connectivity index (χ1v) is 21.9. The summed E-state index contributed by atoms with van der Waals surface area (Å²) in [7, 11) is 0. The van der Waals surface area contributed by atoms with Gasteiger partial charge in [0.2, 0.25) is 0 Å². The topological polar surface area (TPSA) is 191 Å². The number of carbonyl (C=O) groups excluding carboxylic acids is 6. The Morgan fingerprint density at radius 2 is 1.58 bits per heavy atom. The molecule has 0 bridgehead atoms. The third-order valence-corrected chi connectivity index (χ3v) is 12.9. The molecule has 4 aliphatic rings. The summed E-state index contributed by atoms with van der Waals surface area (Å²) in [6.07, 6.45) is 6.26. The van der Waals surface area contributed by atoms with E-state index in [1.165, 1.54) is 6.33 Å². The predicted octanol–water partition coefficient (Wildman–Crippen LogP) is 6.36. The number of rotatable bonds is 10. The van der Waals surface area contributed by atoms with Crippen molar-refractivity contribution >= 4 is 75.0 Å². The van der Waals surface area contributed by atoms with Crippen LogP contribution in [0.15, 0.2) is 97.6 Å². The SMILES string of the molecule is O=C1CCC(N2C(=O)c3ccc(N4CCN(c5ccc(C(=O)N6CCC[C@@H](Nc7ncnc8[nH]cc(C(=O)c9ccc(Oc%10ccccc%10)cc9Cl)c78)C6)cn5)CC4)cc3C2=O)C(=O)C1. The van der Waals surface area contributed by atoms with Crippen molar-refractivity contribution in [3.63, 3.8) is 0 Å². The molecule has 3 aromatic carbocycles. The number of Topliss-reactive ketones (excluding diaryl/α,β-unsaturated/α-hetero) is 2. The lowest BCUT2D eigenvalue weighted by molar-refractivity contribution is -0.132. The molecular formula is C48H42ClN9O7. The van der Waals surface area contributed by atoms with Gasteiger partial charge in [0.25, 0.3) is 17.7 Å². The Labute approximate surface area is 377 Å². The van der Waals surface area contributed by atoms with Gasteiger partial charge in [-0.05, 0) is 73.9 Å². The number of fused-ring (bicyclic) bond motifs is 2. The summed E-state index contributed by atoms with van der Waals surface area (Å²) in [6, 6.07) is 22.0. The van der Waals surface area contributed by atoms with Gasteiger partial charge in [0.1, 0.15) is 40.9 Å². The highest BCUT2D eigenvalue weighted by Crippen LogP contribution is 2.34. The molecule has 6 heterocycles. The first-order chi connectivity index (χ1) is 31.6. The number of nitrogens with zero attached hydrogens (tertiary/aromatic N) is 7. The van der Waals surface area contributed by atoms with Crippen LogP contribution in [-0.4, -0.2) is 116 Å². The number of ketones is 3. The Kier molecular flexibility index (Phi) is 11.0. The van der Waals surface area contributed by atoms with Crippen molar-refractivity contribution in [2.75, 3.05) is 54.4 Å². The molecule has 17 heteroatoms. The van der Waals surface area contributed by atoms with Crippen LogP contribution >= 0.6 is 11.6 Å². The van der Waals surface area contributed by atoms with Crippen LogP contribution in [0.3, 0.4) is 0 Å². The third kappa shape index (κ3) is 8.05. The largest absolute Gasteiger partial charge is 0.457 e. The third-order valence-electron chi connectivity index (χ3n) is 12.5. The zero-order valence-electron chi connectivity index (χ0n) is 35.0. The van der Waals surface area contributed by atoms with Crippen molar-refractivity contribution in [3.05, 3.63) is 130 Å². The quantitative estimate of drug-likeness (QED) is 0.0879. The van der Waals surface area contributed by atoms with Crippen molar-refractivity contribution in [1.29, 1.82) is 0 Å². The van der Waals surface area contributed by atoms with Gasteiger partial charge in [-0.25, -0.2) is 15.0 Å². The molecule has 3 fully saturated rings. The number of anilines is 3. The minimum absolute atomic E-state index is 0.135. The number of amides is 3. The number of pyridine rings is 1. The molecule has 1 aliphatic carbocycles. The molecule has 2 saturated heterocycles. The average molecular weight is 892 g/mol. The number of aromatic amines is 1. The fourth-order valence-electron chi connectivity index (χ4n) is 9.17. The lowest BCUT2D eigenvalue weighted by Gasteiger charge is -2.37. The van der Waals surface area contributed by atoms with E-state index in [2.05, 4.69) is 35.1 Å². The van der Waals surface area contributed by atoms with Gasteiger partial charge < -0.3 is 29.7 Å². The fourth-order valence-corrected chi connectivity index (χ4v) is 9.43. The number of hydrogen-bond acceptors (Lipinski definition) is 13. The normalized spacial score (nSPS) is 18.9. The number of imide groups is 1. The van der Waals surface area contributed by atoms with Crippen LogP contribution in [0.2, 0.25) is 5.02 Å². The Bertz CT molecular complexity index is 2900. The van der Waals surface area contributed by atoms with Gasteiger partial charge in [0.15, 0.2) is 11.6 Å².